The lowest BCUT2D eigenvalue weighted by atomic mass is 9.98. The van der Waals surface area contributed by atoms with Crippen molar-refractivity contribution in [3.05, 3.63) is 42.2 Å². The van der Waals surface area contributed by atoms with Gasteiger partial charge in [0.25, 0.3) is 0 Å². The third kappa shape index (κ3) is 2.78. The molecule has 3 heterocycles. The van der Waals surface area contributed by atoms with Gasteiger partial charge in [-0.05, 0) is 24.5 Å². The predicted molar refractivity (Wildman–Crippen MR) is 111 cm³/mol. The fourth-order valence-corrected chi connectivity index (χ4v) is 4.72. The minimum absolute atomic E-state index is 0.215. The first-order chi connectivity index (χ1) is 15.0. The van der Waals surface area contributed by atoms with E-state index < -0.39 is 23.7 Å². The Hall–Kier alpha value is -3.55. The van der Waals surface area contributed by atoms with Crippen LogP contribution in [0.5, 0.6) is 0 Å². The SMILES string of the molecule is CNC(=O)[C@]12CC1[C@@H](n1cnc3c(NC)nc(C#Cc4cccnc4)nc31)C(O)[C@@H]2O. The molecule has 2 unspecified atom stereocenters. The van der Waals surface area contributed by atoms with Crippen LogP contribution in [0.4, 0.5) is 5.82 Å². The van der Waals surface area contributed by atoms with E-state index >= 15 is 0 Å². The maximum absolute atomic E-state index is 12.4. The van der Waals surface area contributed by atoms with Crippen molar-refractivity contribution in [3.63, 3.8) is 0 Å². The zero-order chi connectivity index (χ0) is 21.8. The number of aliphatic hydroxyl groups excluding tert-OH is 2. The molecular formula is C21H21N7O3. The number of carbonyl (C=O) groups excluding carboxylic acids is 1. The average Bonchev–Trinajstić information content (AvgIpc) is 3.34. The first-order valence-corrected chi connectivity index (χ1v) is 9.94. The minimum atomic E-state index is -1.16. The number of anilines is 1. The highest BCUT2D eigenvalue weighted by Gasteiger charge is 2.75. The van der Waals surface area contributed by atoms with Crippen molar-refractivity contribution in [2.24, 2.45) is 11.3 Å². The molecule has 1 amide bonds. The topological polar surface area (TPSA) is 138 Å². The highest BCUT2D eigenvalue weighted by atomic mass is 16.3. The van der Waals surface area contributed by atoms with Crippen LogP contribution in [0.15, 0.2) is 30.9 Å². The number of pyridine rings is 1. The van der Waals surface area contributed by atoms with Gasteiger partial charge < -0.3 is 25.4 Å². The molecule has 0 aliphatic heterocycles. The van der Waals surface area contributed by atoms with E-state index in [1.807, 2.05) is 6.07 Å². The molecule has 2 aliphatic rings. The molecular weight excluding hydrogens is 398 g/mol. The van der Waals surface area contributed by atoms with Crippen LogP contribution in [0.1, 0.15) is 23.9 Å². The molecule has 158 valence electrons. The lowest BCUT2D eigenvalue weighted by molar-refractivity contribution is -0.132. The number of aliphatic hydroxyl groups is 2. The fraction of sp³-hybridized carbons (Fsp3) is 0.381. The average molecular weight is 419 g/mol. The lowest BCUT2D eigenvalue weighted by Crippen LogP contribution is -2.41. The summed E-state index contributed by atoms with van der Waals surface area (Å²) < 4.78 is 1.73. The van der Waals surface area contributed by atoms with Crippen LogP contribution in [0.3, 0.4) is 0 Å². The first-order valence-electron chi connectivity index (χ1n) is 9.94. The molecule has 31 heavy (non-hydrogen) atoms. The number of fused-ring (bicyclic) bond motifs is 2. The first kappa shape index (κ1) is 19.4. The second kappa shape index (κ2) is 7.01. The molecule has 0 saturated heterocycles. The molecule has 4 N–H and O–H groups in total. The fourth-order valence-electron chi connectivity index (χ4n) is 4.72. The van der Waals surface area contributed by atoms with Crippen LogP contribution in [0.2, 0.25) is 0 Å². The van der Waals surface area contributed by atoms with Gasteiger partial charge in [0.15, 0.2) is 17.0 Å². The van der Waals surface area contributed by atoms with Crippen LogP contribution in [-0.4, -0.2) is 66.9 Å². The summed E-state index contributed by atoms with van der Waals surface area (Å²) in [4.78, 5) is 29.9. The highest BCUT2D eigenvalue weighted by Crippen LogP contribution is 2.67. The predicted octanol–water partition coefficient (Wildman–Crippen LogP) is -0.308. The summed E-state index contributed by atoms with van der Waals surface area (Å²) in [7, 11) is 3.26. The van der Waals surface area contributed by atoms with Crippen LogP contribution < -0.4 is 10.6 Å². The largest absolute Gasteiger partial charge is 0.389 e. The lowest BCUT2D eigenvalue weighted by Gasteiger charge is -2.23. The van der Waals surface area contributed by atoms with E-state index in [1.54, 1.807) is 36.4 Å². The third-order valence-corrected chi connectivity index (χ3v) is 6.28. The number of rotatable bonds is 3. The summed E-state index contributed by atoms with van der Waals surface area (Å²) in [5.74, 6) is 6.23. The Kier molecular flexibility index (Phi) is 4.39. The molecule has 5 atom stereocenters. The van der Waals surface area contributed by atoms with E-state index in [9.17, 15) is 15.0 Å². The second-order valence-corrected chi connectivity index (χ2v) is 7.82. The number of aromatic nitrogens is 5. The molecule has 2 saturated carbocycles. The number of imidazole rings is 1. The van der Waals surface area contributed by atoms with E-state index in [0.717, 1.165) is 5.56 Å². The molecule has 0 radical (unpaired) electrons. The van der Waals surface area contributed by atoms with Gasteiger partial charge >= 0.3 is 0 Å². The number of carbonyl (C=O) groups is 1. The van der Waals surface area contributed by atoms with E-state index in [2.05, 4.69) is 42.4 Å². The monoisotopic (exact) mass is 419 g/mol. The summed E-state index contributed by atoms with van der Waals surface area (Å²) in [6, 6.07) is 3.10. The normalized spacial score (nSPS) is 28.5. The number of hydrogen-bond acceptors (Lipinski definition) is 8. The van der Waals surface area contributed by atoms with Crippen molar-refractivity contribution in [2.45, 2.75) is 24.7 Å². The van der Waals surface area contributed by atoms with Gasteiger partial charge in [0, 0.05) is 38.0 Å². The molecule has 2 aliphatic carbocycles. The van der Waals surface area contributed by atoms with Crippen LogP contribution >= 0.6 is 0 Å². The van der Waals surface area contributed by atoms with Crippen LogP contribution in [0.25, 0.3) is 11.2 Å². The summed E-state index contributed by atoms with van der Waals surface area (Å²) in [5, 5.41) is 27.0. The highest BCUT2D eigenvalue weighted by molar-refractivity contribution is 5.88. The molecule has 2 fully saturated rings. The Bertz CT molecular complexity index is 1230. The van der Waals surface area contributed by atoms with Gasteiger partial charge in [-0.25, -0.2) is 15.0 Å². The van der Waals surface area contributed by atoms with Gasteiger partial charge in [-0.3, -0.25) is 9.78 Å². The number of amides is 1. The Labute approximate surface area is 177 Å². The summed E-state index contributed by atoms with van der Waals surface area (Å²) in [5.41, 5.74) is 0.755. The van der Waals surface area contributed by atoms with Gasteiger partial charge in [0.05, 0.1) is 23.9 Å². The van der Waals surface area contributed by atoms with Gasteiger partial charge in [0.1, 0.15) is 6.10 Å². The molecule has 10 heteroatoms. The molecule has 3 aromatic rings. The van der Waals surface area contributed by atoms with Gasteiger partial charge in [0.2, 0.25) is 11.7 Å². The Balaban J connectivity index is 1.58. The maximum Gasteiger partial charge on any atom is 0.229 e. The molecule has 0 bridgehead atoms. The van der Waals surface area contributed by atoms with Crippen molar-refractivity contribution in [3.8, 4) is 11.8 Å². The van der Waals surface area contributed by atoms with Crippen molar-refractivity contribution < 1.29 is 15.0 Å². The molecule has 0 spiro atoms. The zero-order valence-corrected chi connectivity index (χ0v) is 16.9. The van der Waals surface area contributed by atoms with E-state index in [1.165, 1.54) is 7.05 Å². The Morgan fingerprint density at radius 2 is 2.13 bits per heavy atom. The minimum Gasteiger partial charge on any atom is -0.389 e. The van der Waals surface area contributed by atoms with Gasteiger partial charge in [-0.2, -0.15) is 0 Å². The van der Waals surface area contributed by atoms with Crippen molar-refractivity contribution in [1.82, 2.24) is 29.8 Å². The number of nitrogens with zero attached hydrogens (tertiary/aromatic N) is 5. The summed E-state index contributed by atoms with van der Waals surface area (Å²) in [6.45, 7) is 0. The van der Waals surface area contributed by atoms with E-state index in [4.69, 9.17) is 0 Å². The third-order valence-electron chi connectivity index (χ3n) is 6.28. The van der Waals surface area contributed by atoms with E-state index in [-0.39, 0.29) is 17.6 Å². The molecule has 5 rings (SSSR count). The Morgan fingerprint density at radius 1 is 1.29 bits per heavy atom. The van der Waals surface area contributed by atoms with Crippen molar-refractivity contribution >= 4 is 22.9 Å². The quantitative estimate of drug-likeness (QED) is 0.424. The second-order valence-electron chi connectivity index (χ2n) is 7.82. The van der Waals surface area contributed by atoms with Crippen molar-refractivity contribution in [2.75, 3.05) is 19.4 Å². The maximum atomic E-state index is 12.4. The van der Waals surface area contributed by atoms with Crippen molar-refractivity contribution in [1.29, 1.82) is 0 Å². The van der Waals surface area contributed by atoms with E-state index in [0.29, 0.717) is 23.4 Å². The van der Waals surface area contributed by atoms with Gasteiger partial charge in [-0.15, -0.1) is 0 Å². The zero-order valence-electron chi connectivity index (χ0n) is 16.9. The summed E-state index contributed by atoms with van der Waals surface area (Å²) >= 11 is 0. The summed E-state index contributed by atoms with van der Waals surface area (Å²) in [6.07, 6.45) is 3.10. The molecule has 3 aromatic heterocycles. The van der Waals surface area contributed by atoms with Crippen LogP contribution in [-0.2, 0) is 4.79 Å². The van der Waals surface area contributed by atoms with Crippen LogP contribution in [0, 0.1) is 23.2 Å². The van der Waals surface area contributed by atoms with Gasteiger partial charge in [-0.1, -0.05) is 5.92 Å². The Morgan fingerprint density at radius 3 is 2.84 bits per heavy atom. The number of hydrogen-bond donors (Lipinski definition) is 4. The molecule has 10 nitrogen and oxygen atoms in total. The molecule has 0 aromatic carbocycles. The smallest absolute Gasteiger partial charge is 0.229 e. The number of nitrogens with one attached hydrogen (secondary N) is 2. The standard InChI is InChI=1S/C21H21N7O3/c1-22-18-14-19(27-13(26-18)6-5-11-4-3-7-24-9-11)28(10-25-14)15-12-8-21(12,20(31)23-2)17(30)16(15)29/h3-4,7,9-10,12,15-17,29-30H,8H2,1-2H3,(H,23,31)(H,22,26,27)/t12?,15-,16?,17+,21-/m1/s1.